The Labute approximate surface area is 96.4 Å². The van der Waals surface area contributed by atoms with Crippen molar-refractivity contribution in [3.05, 3.63) is 54.1 Å². The Morgan fingerprint density at radius 2 is 1.31 bits per heavy atom. The van der Waals surface area contributed by atoms with E-state index in [2.05, 4.69) is 31.2 Å². The van der Waals surface area contributed by atoms with Gasteiger partial charge in [-0.3, -0.25) is 0 Å². The van der Waals surface area contributed by atoms with Crippen molar-refractivity contribution < 1.29 is 5.11 Å². The Bertz CT molecular complexity index is 440. The third-order valence-electron chi connectivity index (χ3n) is 2.69. The number of hydrogen-bond acceptors (Lipinski definition) is 1. The normalized spacial score (nSPS) is 10.3. The van der Waals surface area contributed by atoms with Crippen LogP contribution in [0, 0.1) is 0 Å². The second-order valence-electron chi connectivity index (χ2n) is 3.99. The lowest BCUT2D eigenvalue weighted by atomic mass is 10.0. The van der Waals surface area contributed by atoms with Crippen molar-refractivity contribution in [1.82, 2.24) is 0 Å². The van der Waals surface area contributed by atoms with Gasteiger partial charge in [-0.1, -0.05) is 49.7 Å². The minimum atomic E-state index is 0.311. The lowest BCUT2D eigenvalue weighted by molar-refractivity contribution is 0.475. The summed E-state index contributed by atoms with van der Waals surface area (Å²) < 4.78 is 0. The predicted molar refractivity (Wildman–Crippen MR) is 67.5 cm³/mol. The number of benzene rings is 2. The van der Waals surface area contributed by atoms with Crippen molar-refractivity contribution in [2.24, 2.45) is 0 Å². The van der Waals surface area contributed by atoms with Gasteiger partial charge in [0.1, 0.15) is 5.75 Å². The molecule has 1 heteroatoms. The van der Waals surface area contributed by atoms with Crippen molar-refractivity contribution in [3.8, 4) is 16.9 Å². The Balaban J connectivity index is 2.24. The number of aryl methyl sites for hydroxylation is 1. The first-order valence-electron chi connectivity index (χ1n) is 5.68. The number of phenolic OH excluding ortho intramolecular Hbond substituents is 1. The standard InChI is InChI=1S/C15H16O/c1-2-3-12-4-6-13(7-5-12)14-8-10-15(16)11-9-14/h4-11,16H,2-3H2,1H3. The number of hydrogen-bond donors (Lipinski definition) is 1. The first-order chi connectivity index (χ1) is 7.79. The molecule has 2 rings (SSSR count). The van der Waals surface area contributed by atoms with E-state index < -0.39 is 0 Å². The molecule has 16 heavy (non-hydrogen) atoms. The van der Waals surface area contributed by atoms with Gasteiger partial charge in [-0.15, -0.1) is 0 Å². The van der Waals surface area contributed by atoms with E-state index in [0.29, 0.717) is 5.75 Å². The van der Waals surface area contributed by atoms with E-state index in [9.17, 15) is 5.11 Å². The molecule has 0 fully saturated rings. The molecule has 0 aromatic heterocycles. The molecule has 2 aromatic rings. The summed E-state index contributed by atoms with van der Waals surface area (Å²) in [7, 11) is 0. The van der Waals surface area contributed by atoms with Gasteiger partial charge in [0.2, 0.25) is 0 Å². The maximum absolute atomic E-state index is 9.22. The van der Waals surface area contributed by atoms with Gasteiger partial charge < -0.3 is 5.11 Å². The first kappa shape index (κ1) is 10.7. The number of rotatable bonds is 3. The average Bonchev–Trinajstić information content (AvgIpc) is 2.32. The fourth-order valence-corrected chi connectivity index (χ4v) is 1.81. The molecule has 0 radical (unpaired) electrons. The topological polar surface area (TPSA) is 20.2 Å². The smallest absolute Gasteiger partial charge is 0.115 e. The van der Waals surface area contributed by atoms with Crippen molar-refractivity contribution in [2.45, 2.75) is 19.8 Å². The Kier molecular flexibility index (Phi) is 3.25. The summed E-state index contributed by atoms with van der Waals surface area (Å²) in [6.45, 7) is 2.19. The summed E-state index contributed by atoms with van der Waals surface area (Å²) in [6.07, 6.45) is 2.31. The molecule has 0 spiro atoms. The molecule has 0 heterocycles. The molecular weight excluding hydrogens is 196 g/mol. The van der Waals surface area contributed by atoms with Crippen LogP contribution < -0.4 is 0 Å². The summed E-state index contributed by atoms with van der Waals surface area (Å²) in [4.78, 5) is 0. The SMILES string of the molecule is CCCc1ccc(-c2ccc(O)cc2)cc1. The van der Waals surface area contributed by atoms with Gasteiger partial charge >= 0.3 is 0 Å². The van der Waals surface area contributed by atoms with Gasteiger partial charge in [-0.05, 0) is 35.2 Å². The monoisotopic (exact) mass is 212 g/mol. The van der Waals surface area contributed by atoms with E-state index in [0.717, 1.165) is 12.0 Å². The maximum Gasteiger partial charge on any atom is 0.115 e. The Hall–Kier alpha value is -1.76. The zero-order valence-corrected chi connectivity index (χ0v) is 9.48. The maximum atomic E-state index is 9.22. The molecule has 0 bridgehead atoms. The van der Waals surface area contributed by atoms with E-state index in [1.807, 2.05) is 12.1 Å². The van der Waals surface area contributed by atoms with Crippen LogP contribution in [0.4, 0.5) is 0 Å². The zero-order chi connectivity index (χ0) is 11.4. The molecule has 0 amide bonds. The van der Waals surface area contributed by atoms with Crippen LogP contribution in [-0.4, -0.2) is 5.11 Å². The van der Waals surface area contributed by atoms with E-state index in [1.165, 1.54) is 17.5 Å². The minimum Gasteiger partial charge on any atom is -0.508 e. The van der Waals surface area contributed by atoms with Crippen LogP contribution in [0.3, 0.4) is 0 Å². The summed E-state index contributed by atoms with van der Waals surface area (Å²) in [6, 6.07) is 15.9. The van der Waals surface area contributed by atoms with Gasteiger partial charge in [0.15, 0.2) is 0 Å². The fourth-order valence-electron chi connectivity index (χ4n) is 1.81. The second kappa shape index (κ2) is 4.84. The summed E-state index contributed by atoms with van der Waals surface area (Å²) in [5.41, 5.74) is 3.71. The van der Waals surface area contributed by atoms with Crippen molar-refractivity contribution in [3.63, 3.8) is 0 Å². The number of aromatic hydroxyl groups is 1. The van der Waals surface area contributed by atoms with Gasteiger partial charge in [0.05, 0.1) is 0 Å². The average molecular weight is 212 g/mol. The quantitative estimate of drug-likeness (QED) is 0.815. The Morgan fingerprint density at radius 1 is 0.812 bits per heavy atom. The molecule has 82 valence electrons. The van der Waals surface area contributed by atoms with Crippen LogP contribution in [0.2, 0.25) is 0 Å². The van der Waals surface area contributed by atoms with Crippen molar-refractivity contribution in [1.29, 1.82) is 0 Å². The van der Waals surface area contributed by atoms with Gasteiger partial charge in [-0.2, -0.15) is 0 Å². The van der Waals surface area contributed by atoms with Crippen molar-refractivity contribution in [2.75, 3.05) is 0 Å². The zero-order valence-electron chi connectivity index (χ0n) is 9.48. The molecule has 0 saturated heterocycles. The van der Waals surface area contributed by atoms with Crippen LogP contribution in [0.15, 0.2) is 48.5 Å². The molecule has 0 aliphatic rings. The lowest BCUT2D eigenvalue weighted by Gasteiger charge is -2.03. The Morgan fingerprint density at radius 3 is 1.81 bits per heavy atom. The van der Waals surface area contributed by atoms with Crippen molar-refractivity contribution >= 4 is 0 Å². The van der Waals surface area contributed by atoms with Gasteiger partial charge in [0.25, 0.3) is 0 Å². The number of phenols is 1. The molecule has 0 aliphatic heterocycles. The van der Waals surface area contributed by atoms with Crippen LogP contribution in [0.1, 0.15) is 18.9 Å². The largest absolute Gasteiger partial charge is 0.508 e. The van der Waals surface area contributed by atoms with Crippen LogP contribution in [0.25, 0.3) is 11.1 Å². The highest BCUT2D eigenvalue weighted by atomic mass is 16.3. The van der Waals surface area contributed by atoms with Crippen LogP contribution in [0.5, 0.6) is 5.75 Å². The summed E-state index contributed by atoms with van der Waals surface area (Å²) in [5.74, 6) is 0.311. The second-order valence-corrected chi connectivity index (χ2v) is 3.99. The lowest BCUT2D eigenvalue weighted by Crippen LogP contribution is -1.83. The molecule has 0 unspecified atom stereocenters. The predicted octanol–water partition coefficient (Wildman–Crippen LogP) is 4.01. The minimum absolute atomic E-state index is 0.311. The highest BCUT2D eigenvalue weighted by Gasteiger charge is 1.97. The van der Waals surface area contributed by atoms with E-state index in [-0.39, 0.29) is 0 Å². The fraction of sp³-hybridized carbons (Fsp3) is 0.200. The van der Waals surface area contributed by atoms with E-state index in [4.69, 9.17) is 0 Å². The van der Waals surface area contributed by atoms with E-state index in [1.54, 1.807) is 12.1 Å². The molecule has 0 atom stereocenters. The molecule has 0 aliphatic carbocycles. The highest BCUT2D eigenvalue weighted by molar-refractivity contribution is 5.64. The molecular formula is C15H16O. The summed E-state index contributed by atoms with van der Waals surface area (Å²) in [5, 5.41) is 9.22. The highest BCUT2D eigenvalue weighted by Crippen LogP contribution is 2.22. The molecule has 0 saturated carbocycles. The summed E-state index contributed by atoms with van der Waals surface area (Å²) >= 11 is 0. The van der Waals surface area contributed by atoms with E-state index >= 15 is 0 Å². The third-order valence-corrected chi connectivity index (χ3v) is 2.69. The van der Waals surface area contributed by atoms with Crippen LogP contribution in [-0.2, 0) is 6.42 Å². The molecule has 2 aromatic carbocycles. The third kappa shape index (κ3) is 2.43. The van der Waals surface area contributed by atoms with Crippen LogP contribution >= 0.6 is 0 Å². The van der Waals surface area contributed by atoms with Gasteiger partial charge in [-0.25, -0.2) is 0 Å². The first-order valence-corrected chi connectivity index (χ1v) is 5.68. The van der Waals surface area contributed by atoms with Gasteiger partial charge in [0, 0.05) is 0 Å². The molecule has 1 nitrogen and oxygen atoms in total. The molecule has 1 N–H and O–H groups in total.